The number of aryl methyl sites for hydroxylation is 1. The van der Waals surface area contributed by atoms with Gasteiger partial charge in [-0.2, -0.15) is 0 Å². The fourth-order valence-corrected chi connectivity index (χ4v) is 3.43. The van der Waals surface area contributed by atoms with Crippen LogP contribution in [0.15, 0.2) is 27.5 Å². The number of nitrogens with zero attached hydrogens (tertiary/aromatic N) is 1. The van der Waals surface area contributed by atoms with E-state index in [4.69, 9.17) is 0 Å². The van der Waals surface area contributed by atoms with E-state index in [1.165, 1.54) is 25.0 Å². The standard InChI is InChI=1S/C16H16BrFN2O/c1-9-6-7-11(18)8-12(9)15-19-14(10-4-2-3-5-10)13(17)16(21)20-15/h6-8,10H,2-5H2,1H3,(H,19,20,21). The van der Waals surface area contributed by atoms with Crippen molar-refractivity contribution in [2.75, 3.05) is 0 Å². The Balaban J connectivity index is 2.15. The minimum absolute atomic E-state index is 0.203. The van der Waals surface area contributed by atoms with E-state index in [1.807, 2.05) is 6.92 Å². The van der Waals surface area contributed by atoms with E-state index in [9.17, 15) is 9.18 Å². The predicted octanol–water partition coefficient (Wildman–Crippen LogP) is 4.30. The fourth-order valence-electron chi connectivity index (χ4n) is 2.92. The van der Waals surface area contributed by atoms with Gasteiger partial charge in [0.15, 0.2) is 0 Å². The summed E-state index contributed by atoms with van der Waals surface area (Å²) < 4.78 is 14.0. The van der Waals surface area contributed by atoms with E-state index in [-0.39, 0.29) is 11.4 Å². The number of aromatic nitrogens is 2. The lowest BCUT2D eigenvalue weighted by Crippen LogP contribution is -2.15. The molecule has 1 aliphatic carbocycles. The summed E-state index contributed by atoms with van der Waals surface area (Å²) >= 11 is 3.35. The van der Waals surface area contributed by atoms with Crippen LogP contribution in [0.5, 0.6) is 0 Å². The van der Waals surface area contributed by atoms with Crippen molar-refractivity contribution in [3.63, 3.8) is 0 Å². The molecule has 21 heavy (non-hydrogen) atoms. The molecule has 1 saturated carbocycles. The molecular weight excluding hydrogens is 335 g/mol. The molecule has 2 aromatic rings. The topological polar surface area (TPSA) is 45.8 Å². The van der Waals surface area contributed by atoms with E-state index in [0.29, 0.717) is 21.8 Å². The van der Waals surface area contributed by atoms with Gasteiger partial charge in [-0.15, -0.1) is 0 Å². The maximum atomic E-state index is 13.5. The molecule has 1 fully saturated rings. The van der Waals surface area contributed by atoms with E-state index >= 15 is 0 Å². The molecule has 0 unspecified atom stereocenters. The highest BCUT2D eigenvalue weighted by Gasteiger charge is 2.23. The predicted molar refractivity (Wildman–Crippen MR) is 83.9 cm³/mol. The van der Waals surface area contributed by atoms with Gasteiger partial charge in [0, 0.05) is 11.5 Å². The lowest BCUT2D eigenvalue weighted by molar-refractivity contribution is 0.627. The molecule has 1 heterocycles. The van der Waals surface area contributed by atoms with Gasteiger partial charge in [-0.05, 0) is 53.4 Å². The second-order valence-electron chi connectivity index (χ2n) is 5.55. The van der Waals surface area contributed by atoms with Crippen molar-refractivity contribution >= 4 is 15.9 Å². The van der Waals surface area contributed by atoms with Crippen LogP contribution in [0.2, 0.25) is 0 Å². The zero-order valence-corrected chi connectivity index (χ0v) is 13.3. The first-order valence-corrected chi connectivity index (χ1v) is 7.92. The van der Waals surface area contributed by atoms with Gasteiger partial charge in [-0.1, -0.05) is 18.9 Å². The van der Waals surface area contributed by atoms with E-state index in [2.05, 4.69) is 25.9 Å². The minimum Gasteiger partial charge on any atom is -0.306 e. The van der Waals surface area contributed by atoms with Gasteiger partial charge in [0.1, 0.15) is 16.1 Å². The third kappa shape index (κ3) is 2.79. The van der Waals surface area contributed by atoms with Crippen molar-refractivity contribution < 1.29 is 4.39 Å². The van der Waals surface area contributed by atoms with E-state index < -0.39 is 0 Å². The first-order chi connectivity index (χ1) is 10.1. The van der Waals surface area contributed by atoms with Crippen LogP contribution >= 0.6 is 15.9 Å². The zero-order valence-electron chi connectivity index (χ0n) is 11.7. The summed E-state index contributed by atoms with van der Waals surface area (Å²) in [7, 11) is 0. The summed E-state index contributed by atoms with van der Waals surface area (Å²) in [5.74, 6) is 0.431. The smallest absolute Gasteiger partial charge is 0.265 e. The molecule has 0 aliphatic heterocycles. The molecule has 0 spiro atoms. The number of hydrogen-bond donors (Lipinski definition) is 1. The summed E-state index contributed by atoms with van der Waals surface area (Å²) in [6.45, 7) is 1.88. The van der Waals surface area contributed by atoms with Crippen molar-refractivity contribution in [2.24, 2.45) is 0 Å². The zero-order chi connectivity index (χ0) is 15.0. The normalized spacial score (nSPS) is 15.6. The van der Waals surface area contributed by atoms with Gasteiger partial charge in [-0.25, -0.2) is 9.37 Å². The number of hydrogen-bond acceptors (Lipinski definition) is 2. The quantitative estimate of drug-likeness (QED) is 0.877. The molecular formula is C16H16BrFN2O. The highest BCUT2D eigenvalue weighted by molar-refractivity contribution is 9.10. The van der Waals surface area contributed by atoms with Crippen molar-refractivity contribution in [1.29, 1.82) is 0 Å². The Bertz CT molecular complexity index is 736. The van der Waals surface area contributed by atoms with Crippen LogP contribution in [-0.2, 0) is 0 Å². The first kappa shape index (κ1) is 14.4. The molecule has 110 valence electrons. The van der Waals surface area contributed by atoms with E-state index in [0.717, 1.165) is 24.1 Å². The van der Waals surface area contributed by atoms with Crippen LogP contribution in [0.3, 0.4) is 0 Å². The Kier molecular flexibility index (Phi) is 3.93. The summed E-state index contributed by atoms with van der Waals surface area (Å²) in [6, 6.07) is 4.52. The van der Waals surface area contributed by atoms with Gasteiger partial charge in [0.05, 0.1) is 5.69 Å². The first-order valence-electron chi connectivity index (χ1n) is 7.12. The Labute approximate surface area is 130 Å². The van der Waals surface area contributed by atoms with Gasteiger partial charge in [0.25, 0.3) is 5.56 Å². The van der Waals surface area contributed by atoms with Crippen LogP contribution in [0.1, 0.15) is 42.9 Å². The number of benzene rings is 1. The SMILES string of the molecule is Cc1ccc(F)cc1-c1nc(C2CCCC2)c(Br)c(=O)[nH]1. The van der Waals surface area contributed by atoms with Crippen LogP contribution in [-0.4, -0.2) is 9.97 Å². The molecule has 1 aliphatic rings. The van der Waals surface area contributed by atoms with Crippen molar-refractivity contribution in [1.82, 2.24) is 9.97 Å². The third-order valence-electron chi connectivity index (χ3n) is 4.09. The van der Waals surface area contributed by atoms with Gasteiger partial charge in [-0.3, -0.25) is 4.79 Å². The number of H-pyrrole nitrogens is 1. The monoisotopic (exact) mass is 350 g/mol. The summed E-state index contributed by atoms with van der Waals surface area (Å²) in [5, 5.41) is 0. The van der Waals surface area contributed by atoms with Crippen molar-refractivity contribution in [2.45, 2.75) is 38.5 Å². The number of aromatic amines is 1. The van der Waals surface area contributed by atoms with Gasteiger partial charge in [0.2, 0.25) is 0 Å². The third-order valence-corrected chi connectivity index (χ3v) is 4.85. The summed E-state index contributed by atoms with van der Waals surface area (Å²) in [4.78, 5) is 19.5. The molecule has 0 saturated heterocycles. The number of rotatable bonds is 2. The second-order valence-corrected chi connectivity index (χ2v) is 6.35. The second kappa shape index (κ2) is 5.72. The molecule has 0 radical (unpaired) electrons. The fraction of sp³-hybridized carbons (Fsp3) is 0.375. The lowest BCUT2D eigenvalue weighted by atomic mass is 10.0. The maximum Gasteiger partial charge on any atom is 0.265 e. The van der Waals surface area contributed by atoms with Crippen LogP contribution in [0.25, 0.3) is 11.4 Å². The van der Waals surface area contributed by atoms with E-state index in [1.54, 1.807) is 6.07 Å². The highest BCUT2D eigenvalue weighted by atomic mass is 79.9. The van der Waals surface area contributed by atoms with Crippen molar-refractivity contribution in [3.8, 4) is 11.4 Å². The minimum atomic E-state index is -0.330. The Morgan fingerprint density at radius 2 is 2.05 bits per heavy atom. The average molecular weight is 351 g/mol. The number of nitrogens with one attached hydrogen (secondary N) is 1. The molecule has 3 nitrogen and oxygen atoms in total. The maximum absolute atomic E-state index is 13.5. The Hall–Kier alpha value is -1.49. The highest BCUT2D eigenvalue weighted by Crippen LogP contribution is 2.36. The van der Waals surface area contributed by atoms with Crippen molar-refractivity contribution in [3.05, 3.63) is 50.1 Å². The molecule has 0 atom stereocenters. The Morgan fingerprint density at radius 3 is 2.76 bits per heavy atom. The van der Waals surface area contributed by atoms with Gasteiger partial charge < -0.3 is 4.98 Å². The van der Waals surface area contributed by atoms with Gasteiger partial charge >= 0.3 is 0 Å². The molecule has 5 heteroatoms. The Morgan fingerprint density at radius 1 is 1.33 bits per heavy atom. The van der Waals surface area contributed by atoms with Crippen LogP contribution in [0.4, 0.5) is 4.39 Å². The average Bonchev–Trinajstić information content (AvgIpc) is 2.98. The lowest BCUT2D eigenvalue weighted by Gasteiger charge is -2.13. The molecule has 1 aromatic carbocycles. The number of halogens is 2. The summed E-state index contributed by atoms with van der Waals surface area (Å²) in [5.41, 5.74) is 2.12. The molecule has 0 amide bonds. The molecule has 3 rings (SSSR count). The largest absolute Gasteiger partial charge is 0.306 e. The van der Waals surface area contributed by atoms with Crippen LogP contribution < -0.4 is 5.56 Å². The molecule has 1 N–H and O–H groups in total. The molecule has 1 aromatic heterocycles. The molecule has 0 bridgehead atoms. The van der Waals surface area contributed by atoms with Crippen LogP contribution in [0, 0.1) is 12.7 Å². The summed E-state index contributed by atoms with van der Waals surface area (Å²) in [6.07, 6.45) is 4.44.